The number of thiazole rings is 1. The van der Waals surface area contributed by atoms with Gasteiger partial charge >= 0.3 is 12.1 Å². The number of nitrogens with one attached hydrogen (secondary N) is 2. The number of nitrogens with two attached hydrogens (primary N) is 1. The largest absolute Gasteiger partial charge is 0.447 e. The Morgan fingerprint density at radius 2 is 2.14 bits per heavy atom. The van der Waals surface area contributed by atoms with Crippen molar-refractivity contribution in [3.8, 4) is 29.5 Å². The van der Waals surface area contributed by atoms with Crippen LogP contribution >= 0.6 is 11.3 Å². The van der Waals surface area contributed by atoms with E-state index >= 15 is 0 Å². The number of aromatic nitrogens is 2. The van der Waals surface area contributed by atoms with Gasteiger partial charge in [0, 0.05) is 17.1 Å². The summed E-state index contributed by atoms with van der Waals surface area (Å²) in [7, 11) is 0. The van der Waals surface area contributed by atoms with E-state index in [4.69, 9.17) is 16.9 Å². The van der Waals surface area contributed by atoms with Crippen molar-refractivity contribution in [3.05, 3.63) is 64.0 Å². The summed E-state index contributed by atoms with van der Waals surface area (Å²) >= 11 is 1.20. The van der Waals surface area contributed by atoms with Gasteiger partial charge in [-0.1, -0.05) is 12.1 Å². The van der Waals surface area contributed by atoms with Crippen LogP contribution in [-0.2, 0) is 10.2 Å². The first-order valence-corrected chi connectivity index (χ1v) is 11.3. The van der Waals surface area contributed by atoms with Crippen molar-refractivity contribution in [1.29, 1.82) is 5.26 Å². The Hall–Kier alpha value is -4.48. The lowest BCUT2D eigenvalue weighted by Crippen LogP contribution is -2.36. The maximum atomic E-state index is 13.9. The molecule has 0 spiro atoms. The number of hydrogen-bond donors (Lipinski definition) is 3. The number of nitrogens with zero attached hydrogens (tertiary/aromatic N) is 3. The number of benzene rings is 1. The highest BCUT2D eigenvalue weighted by Crippen LogP contribution is 2.50. The molecule has 4 rings (SSSR count). The Bertz CT molecular complexity index is 1350. The van der Waals surface area contributed by atoms with Crippen molar-refractivity contribution in [2.45, 2.75) is 24.3 Å². The van der Waals surface area contributed by atoms with Crippen LogP contribution in [0.1, 0.15) is 35.1 Å². The topological polar surface area (TPSA) is 143 Å². The summed E-state index contributed by atoms with van der Waals surface area (Å²) in [5.41, 5.74) is 6.78. The molecular formula is C24H19FN6O3S. The van der Waals surface area contributed by atoms with E-state index in [1.54, 1.807) is 29.8 Å². The fourth-order valence-corrected chi connectivity index (χ4v) is 4.13. The average Bonchev–Trinajstić information content (AvgIpc) is 3.53. The average molecular weight is 491 g/mol. The number of halogens is 1. The maximum Gasteiger partial charge on any atom is 0.404 e. The maximum absolute atomic E-state index is 13.9. The molecule has 176 valence electrons. The number of pyridine rings is 1. The molecule has 2 heterocycles. The van der Waals surface area contributed by atoms with Crippen LogP contribution in [0.25, 0.3) is 11.1 Å². The molecule has 9 nitrogen and oxygen atoms in total. The summed E-state index contributed by atoms with van der Waals surface area (Å²) in [6, 6.07) is 8.57. The Morgan fingerprint density at radius 3 is 2.74 bits per heavy atom. The molecule has 0 aliphatic heterocycles. The van der Waals surface area contributed by atoms with Crippen LogP contribution in [0.5, 0.6) is 0 Å². The highest BCUT2D eigenvalue weighted by molar-refractivity contribution is 7.10. The third-order valence-corrected chi connectivity index (χ3v) is 6.26. The molecule has 11 heteroatoms. The molecule has 1 saturated carbocycles. The fourth-order valence-electron chi connectivity index (χ4n) is 3.58. The van der Waals surface area contributed by atoms with Crippen LogP contribution in [-0.4, -0.2) is 28.7 Å². The second-order valence-corrected chi connectivity index (χ2v) is 8.68. The monoisotopic (exact) mass is 490 g/mol. The lowest BCUT2D eigenvalue weighted by atomic mass is 9.89. The second kappa shape index (κ2) is 9.79. The van der Waals surface area contributed by atoms with Crippen LogP contribution in [0, 0.1) is 29.5 Å². The van der Waals surface area contributed by atoms with E-state index in [0.29, 0.717) is 40.2 Å². The number of anilines is 1. The fraction of sp³-hybridized carbons (Fsp3) is 0.208. The zero-order chi connectivity index (χ0) is 25.0. The van der Waals surface area contributed by atoms with Gasteiger partial charge in [-0.15, -0.1) is 17.8 Å². The van der Waals surface area contributed by atoms with E-state index in [1.807, 2.05) is 0 Å². The number of carbonyl (C=O) groups excluding carboxylic acids is 2. The number of amides is 3. The number of urea groups is 1. The SMILES string of the molecule is C#Cc1nc(NC(=O)NC(COC(N)=O)c2ccc(-c3ccc(F)cc3C3(C#N)CC3)cn2)cs1. The van der Waals surface area contributed by atoms with Crippen molar-refractivity contribution in [2.24, 2.45) is 5.73 Å². The minimum Gasteiger partial charge on any atom is -0.447 e. The number of primary amides is 1. The van der Waals surface area contributed by atoms with E-state index in [1.165, 1.54) is 23.5 Å². The molecule has 1 atom stereocenters. The van der Waals surface area contributed by atoms with Crippen molar-refractivity contribution in [3.63, 3.8) is 0 Å². The molecule has 0 saturated heterocycles. The number of carbonyl (C=O) groups is 2. The van der Waals surface area contributed by atoms with Crippen molar-refractivity contribution in [1.82, 2.24) is 15.3 Å². The van der Waals surface area contributed by atoms with Gasteiger partial charge in [-0.05, 0) is 48.1 Å². The van der Waals surface area contributed by atoms with Crippen molar-refractivity contribution in [2.75, 3.05) is 11.9 Å². The van der Waals surface area contributed by atoms with Gasteiger partial charge in [0.1, 0.15) is 24.3 Å². The predicted octanol–water partition coefficient (Wildman–Crippen LogP) is 3.84. The molecule has 0 radical (unpaired) electrons. The summed E-state index contributed by atoms with van der Waals surface area (Å²) in [5.74, 6) is 2.24. The van der Waals surface area contributed by atoms with Crippen LogP contribution < -0.4 is 16.4 Å². The quantitative estimate of drug-likeness (QED) is 0.430. The lowest BCUT2D eigenvalue weighted by Gasteiger charge is -2.19. The van der Waals surface area contributed by atoms with Crippen molar-refractivity contribution < 1.29 is 18.7 Å². The van der Waals surface area contributed by atoms with Gasteiger partial charge < -0.3 is 15.8 Å². The van der Waals surface area contributed by atoms with Gasteiger partial charge in [0.15, 0.2) is 5.01 Å². The van der Waals surface area contributed by atoms with E-state index in [9.17, 15) is 19.2 Å². The van der Waals surface area contributed by atoms with E-state index in [0.717, 1.165) is 0 Å². The highest BCUT2D eigenvalue weighted by atomic mass is 32.1. The van der Waals surface area contributed by atoms with Gasteiger partial charge in [0.2, 0.25) is 0 Å². The van der Waals surface area contributed by atoms with E-state index in [2.05, 4.69) is 32.6 Å². The number of hydrogen-bond acceptors (Lipinski definition) is 7. The Balaban J connectivity index is 1.56. The highest BCUT2D eigenvalue weighted by Gasteiger charge is 2.46. The smallest absolute Gasteiger partial charge is 0.404 e. The molecule has 3 amide bonds. The van der Waals surface area contributed by atoms with Crippen LogP contribution in [0.3, 0.4) is 0 Å². The molecule has 1 aliphatic rings. The van der Waals surface area contributed by atoms with Gasteiger partial charge in [-0.2, -0.15) is 5.26 Å². The molecule has 2 aromatic heterocycles. The van der Waals surface area contributed by atoms with Crippen LogP contribution in [0.2, 0.25) is 0 Å². The number of terminal acetylenes is 1. The first-order valence-electron chi connectivity index (χ1n) is 10.4. The zero-order valence-corrected chi connectivity index (χ0v) is 19.1. The summed E-state index contributed by atoms with van der Waals surface area (Å²) < 4.78 is 18.8. The number of rotatable bonds is 7. The predicted molar refractivity (Wildman–Crippen MR) is 127 cm³/mol. The summed E-state index contributed by atoms with van der Waals surface area (Å²) in [6.07, 6.45) is 7.17. The molecule has 1 aliphatic carbocycles. The van der Waals surface area contributed by atoms with Gasteiger partial charge in [-0.3, -0.25) is 10.3 Å². The van der Waals surface area contributed by atoms with Gasteiger partial charge in [0.05, 0.1) is 17.2 Å². The number of ether oxygens (including phenoxy) is 1. The first-order chi connectivity index (χ1) is 16.8. The van der Waals surface area contributed by atoms with Crippen molar-refractivity contribution >= 4 is 29.3 Å². The van der Waals surface area contributed by atoms with Gasteiger partial charge in [0.25, 0.3) is 0 Å². The van der Waals surface area contributed by atoms with Crippen LogP contribution in [0.4, 0.5) is 19.8 Å². The van der Waals surface area contributed by atoms with Crippen LogP contribution in [0.15, 0.2) is 41.9 Å². The first kappa shape index (κ1) is 23.7. The molecule has 0 bridgehead atoms. The summed E-state index contributed by atoms with van der Waals surface area (Å²) in [5, 5.41) is 16.8. The van der Waals surface area contributed by atoms with E-state index in [-0.39, 0.29) is 12.4 Å². The zero-order valence-electron chi connectivity index (χ0n) is 18.2. The molecule has 35 heavy (non-hydrogen) atoms. The molecule has 4 N–H and O–H groups in total. The third kappa shape index (κ3) is 5.37. The lowest BCUT2D eigenvalue weighted by molar-refractivity contribution is 0.143. The molecular weight excluding hydrogens is 471 g/mol. The normalized spacial score (nSPS) is 14.1. The molecule has 3 aromatic rings. The third-order valence-electron chi connectivity index (χ3n) is 5.48. The Labute approximate surface area is 204 Å². The summed E-state index contributed by atoms with van der Waals surface area (Å²) in [4.78, 5) is 32.1. The number of nitriles is 1. The molecule has 1 aromatic carbocycles. The summed E-state index contributed by atoms with van der Waals surface area (Å²) in [6.45, 7) is -0.263. The standard InChI is InChI=1S/C24H19FN6O3S/c1-2-21-30-20(12-35-21)31-23(33)29-19(11-34-22(27)32)18-6-3-14(10-28-18)16-5-4-15(25)9-17(16)24(13-26)7-8-24/h1,3-6,9-10,12,19H,7-8,11H2,(H2,27,32)(H2,29,31,33). The van der Waals surface area contributed by atoms with Gasteiger partial charge in [-0.25, -0.2) is 19.0 Å². The van der Waals surface area contributed by atoms with E-state index < -0.39 is 29.4 Å². The minimum absolute atomic E-state index is 0.263. The Kier molecular flexibility index (Phi) is 6.62. The molecule has 1 unspecified atom stereocenters. The second-order valence-electron chi connectivity index (χ2n) is 7.82. The Morgan fingerprint density at radius 1 is 1.34 bits per heavy atom. The molecule has 1 fully saturated rings. The minimum atomic E-state index is -1.01.